The lowest BCUT2D eigenvalue weighted by atomic mass is 10.0. The summed E-state index contributed by atoms with van der Waals surface area (Å²) in [4.78, 5) is 22.4. The molecule has 0 N–H and O–H groups in total. The Kier molecular flexibility index (Phi) is 5.12. The van der Waals surface area contributed by atoms with Gasteiger partial charge in [-0.25, -0.2) is 4.98 Å². The molecule has 5 nitrogen and oxygen atoms in total. The Morgan fingerprint density at radius 3 is 2.96 bits per heavy atom. The van der Waals surface area contributed by atoms with Gasteiger partial charge < -0.3 is 9.64 Å². The highest BCUT2D eigenvalue weighted by Crippen LogP contribution is 2.24. The van der Waals surface area contributed by atoms with Crippen LogP contribution in [0.4, 0.5) is 5.82 Å². The van der Waals surface area contributed by atoms with E-state index in [0.29, 0.717) is 0 Å². The Balaban J connectivity index is 1.75. The summed E-state index contributed by atoms with van der Waals surface area (Å²) in [6.07, 6.45) is 5.66. The molecule has 0 saturated heterocycles. The SMILES string of the molecule is COC(=O)CSc1cncc(N2CCCc3ccccc3C2)n1. The first-order chi connectivity index (χ1) is 11.3. The van der Waals surface area contributed by atoms with Gasteiger partial charge in [-0.05, 0) is 24.0 Å². The van der Waals surface area contributed by atoms with E-state index in [1.165, 1.54) is 30.0 Å². The van der Waals surface area contributed by atoms with E-state index in [0.717, 1.165) is 36.8 Å². The Morgan fingerprint density at radius 2 is 2.13 bits per heavy atom. The topological polar surface area (TPSA) is 55.3 Å². The minimum atomic E-state index is -0.258. The number of thioether (sulfide) groups is 1. The molecule has 3 rings (SSSR count). The first-order valence-electron chi connectivity index (χ1n) is 7.59. The number of hydrogen-bond donors (Lipinski definition) is 0. The summed E-state index contributed by atoms with van der Waals surface area (Å²) in [5.41, 5.74) is 2.76. The fourth-order valence-electron chi connectivity index (χ4n) is 2.65. The molecular weight excluding hydrogens is 310 g/mol. The molecule has 2 heterocycles. The summed E-state index contributed by atoms with van der Waals surface area (Å²) < 4.78 is 4.66. The van der Waals surface area contributed by atoms with Gasteiger partial charge in [0.15, 0.2) is 0 Å². The number of benzene rings is 1. The minimum Gasteiger partial charge on any atom is -0.468 e. The highest BCUT2D eigenvalue weighted by atomic mass is 32.2. The molecule has 6 heteroatoms. The summed E-state index contributed by atoms with van der Waals surface area (Å²) in [7, 11) is 1.39. The molecule has 1 aromatic carbocycles. The van der Waals surface area contributed by atoms with Gasteiger partial charge in [0.1, 0.15) is 10.8 Å². The predicted molar refractivity (Wildman–Crippen MR) is 90.6 cm³/mol. The van der Waals surface area contributed by atoms with Crippen LogP contribution in [-0.4, -0.2) is 35.3 Å². The van der Waals surface area contributed by atoms with Gasteiger partial charge in [0, 0.05) is 13.1 Å². The lowest BCUT2D eigenvalue weighted by Gasteiger charge is -2.22. The van der Waals surface area contributed by atoms with Gasteiger partial charge in [-0.15, -0.1) is 0 Å². The van der Waals surface area contributed by atoms with Crippen molar-refractivity contribution in [3.05, 3.63) is 47.8 Å². The van der Waals surface area contributed by atoms with Gasteiger partial charge in [-0.3, -0.25) is 9.78 Å². The molecule has 0 saturated carbocycles. The third kappa shape index (κ3) is 4.01. The normalized spacial score (nSPS) is 14.0. The number of carbonyl (C=O) groups is 1. The number of fused-ring (bicyclic) bond motifs is 1. The monoisotopic (exact) mass is 329 g/mol. The molecule has 0 amide bonds. The molecule has 1 aliphatic rings. The van der Waals surface area contributed by atoms with Crippen molar-refractivity contribution >= 4 is 23.5 Å². The van der Waals surface area contributed by atoms with Crippen molar-refractivity contribution in [2.45, 2.75) is 24.4 Å². The number of methoxy groups -OCH3 is 1. The summed E-state index contributed by atoms with van der Waals surface area (Å²) in [5, 5.41) is 0.741. The van der Waals surface area contributed by atoms with Gasteiger partial charge in [0.25, 0.3) is 0 Å². The van der Waals surface area contributed by atoms with Crippen molar-refractivity contribution in [2.24, 2.45) is 0 Å². The number of hydrogen-bond acceptors (Lipinski definition) is 6. The minimum absolute atomic E-state index is 0.247. The van der Waals surface area contributed by atoms with E-state index in [1.54, 1.807) is 12.4 Å². The third-order valence-corrected chi connectivity index (χ3v) is 4.72. The number of ether oxygens (including phenoxy) is 1. The van der Waals surface area contributed by atoms with Crippen molar-refractivity contribution in [3.63, 3.8) is 0 Å². The van der Waals surface area contributed by atoms with Gasteiger partial charge in [0.05, 0.1) is 25.3 Å². The van der Waals surface area contributed by atoms with Gasteiger partial charge in [-0.2, -0.15) is 0 Å². The quantitative estimate of drug-likeness (QED) is 0.635. The standard InChI is InChI=1S/C17H19N3O2S/c1-22-17(21)12-23-16-10-18-9-15(19-16)20-8-4-7-13-5-2-3-6-14(13)11-20/h2-3,5-6,9-10H,4,7-8,11-12H2,1H3. The molecule has 0 fully saturated rings. The second-order valence-corrected chi connectivity index (χ2v) is 6.37. The van der Waals surface area contributed by atoms with Crippen LogP contribution in [0.25, 0.3) is 0 Å². The maximum absolute atomic E-state index is 11.3. The first kappa shape index (κ1) is 15.8. The highest BCUT2D eigenvalue weighted by Gasteiger charge is 2.16. The van der Waals surface area contributed by atoms with Crippen LogP contribution in [0.2, 0.25) is 0 Å². The van der Waals surface area contributed by atoms with Crippen LogP contribution in [0.5, 0.6) is 0 Å². The Bertz CT molecular complexity index is 693. The Labute approximate surface area is 140 Å². The van der Waals surface area contributed by atoms with Crippen LogP contribution in [0, 0.1) is 0 Å². The number of nitrogens with zero attached hydrogens (tertiary/aromatic N) is 3. The molecule has 120 valence electrons. The van der Waals surface area contributed by atoms with E-state index in [1.807, 2.05) is 0 Å². The van der Waals surface area contributed by atoms with Crippen LogP contribution in [0.15, 0.2) is 41.7 Å². The fourth-order valence-corrected chi connectivity index (χ4v) is 3.33. The zero-order chi connectivity index (χ0) is 16.1. The molecule has 0 aliphatic carbocycles. The summed E-state index contributed by atoms with van der Waals surface area (Å²) in [6.45, 7) is 1.80. The molecule has 0 radical (unpaired) electrons. The summed E-state index contributed by atoms with van der Waals surface area (Å²) >= 11 is 1.35. The number of aryl methyl sites for hydroxylation is 1. The highest BCUT2D eigenvalue weighted by molar-refractivity contribution is 7.99. The number of carbonyl (C=O) groups excluding carboxylic acids is 1. The van der Waals surface area contributed by atoms with E-state index < -0.39 is 0 Å². The molecule has 2 aromatic rings. The van der Waals surface area contributed by atoms with Crippen molar-refractivity contribution in [2.75, 3.05) is 24.3 Å². The van der Waals surface area contributed by atoms with Gasteiger partial charge >= 0.3 is 5.97 Å². The molecule has 0 spiro atoms. The predicted octanol–water partition coefficient (Wildman–Crippen LogP) is 2.69. The number of esters is 1. The maximum Gasteiger partial charge on any atom is 0.316 e. The molecular formula is C17H19N3O2S. The number of aromatic nitrogens is 2. The first-order valence-corrected chi connectivity index (χ1v) is 8.58. The van der Waals surface area contributed by atoms with Crippen LogP contribution >= 0.6 is 11.8 Å². The van der Waals surface area contributed by atoms with E-state index in [-0.39, 0.29) is 11.7 Å². The second kappa shape index (κ2) is 7.46. The average Bonchev–Trinajstić information content (AvgIpc) is 2.82. The van der Waals surface area contributed by atoms with Crippen molar-refractivity contribution in [1.82, 2.24) is 9.97 Å². The molecule has 0 unspecified atom stereocenters. The Hall–Kier alpha value is -2.08. The zero-order valence-electron chi connectivity index (χ0n) is 13.1. The lowest BCUT2D eigenvalue weighted by molar-refractivity contribution is -0.137. The molecule has 1 aliphatic heterocycles. The van der Waals surface area contributed by atoms with E-state index in [9.17, 15) is 4.79 Å². The molecule has 1 aromatic heterocycles. The molecule has 0 bridgehead atoms. The summed E-state index contributed by atoms with van der Waals surface area (Å²) in [6, 6.07) is 8.55. The zero-order valence-corrected chi connectivity index (χ0v) is 13.9. The van der Waals surface area contributed by atoms with Crippen LogP contribution in [0.1, 0.15) is 17.5 Å². The number of rotatable bonds is 4. The fraction of sp³-hybridized carbons (Fsp3) is 0.353. The lowest BCUT2D eigenvalue weighted by Crippen LogP contribution is -2.23. The van der Waals surface area contributed by atoms with Crippen LogP contribution < -0.4 is 4.90 Å². The smallest absolute Gasteiger partial charge is 0.316 e. The van der Waals surface area contributed by atoms with E-state index in [2.05, 4.69) is 43.9 Å². The van der Waals surface area contributed by atoms with E-state index >= 15 is 0 Å². The van der Waals surface area contributed by atoms with Crippen LogP contribution in [-0.2, 0) is 22.5 Å². The second-order valence-electron chi connectivity index (χ2n) is 5.37. The van der Waals surface area contributed by atoms with Gasteiger partial charge in [-0.1, -0.05) is 36.0 Å². The van der Waals surface area contributed by atoms with Gasteiger partial charge in [0.2, 0.25) is 0 Å². The Morgan fingerprint density at radius 1 is 1.30 bits per heavy atom. The third-order valence-electron chi connectivity index (χ3n) is 3.84. The maximum atomic E-state index is 11.3. The average molecular weight is 329 g/mol. The molecule has 0 atom stereocenters. The van der Waals surface area contributed by atoms with Crippen molar-refractivity contribution in [3.8, 4) is 0 Å². The van der Waals surface area contributed by atoms with Crippen LogP contribution in [0.3, 0.4) is 0 Å². The largest absolute Gasteiger partial charge is 0.468 e. The van der Waals surface area contributed by atoms with Crippen molar-refractivity contribution in [1.29, 1.82) is 0 Å². The molecule has 23 heavy (non-hydrogen) atoms. The number of anilines is 1. The van der Waals surface area contributed by atoms with E-state index in [4.69, 9.17) is 0 Å². The summed E-state index contributed by atoms with van der Waals surface area (Å²) in [5.74, 6) is 0.847. The van der Waals surface area contributed by atoms with Crippen molar-refractivity contribution < 1.29 is 9.53 Å².